The molecule has 1 saturated carbocycles. The Morgan fingerprint density at radius 3 is 2.21 bits per heavy atom. The van der Waals surface area contributed by atoms with Crippen LogP contribution in [0.5, 0.6) is 0 Å². The maximum Gasteiger partial charge on any atom is 0.0595 e. The molecule has 2 rings (SSSR count). The summed E-state index contributed by atoms with van der Waals surface area (Å²) in [5.74, 6) is 0. The number of hydrogen-bond acceptors (Lipinski definition) is 1. The van der Waals surface area contributed by atoms with E-state index in [4.69, 9.17) is 23.2 Å². The van der Waals surface area contributed by atoms with Gasteiger partial charge in [-0.05, 0) is 51.6 Å². The van der Waals surface area contributed by atoms with Crippen molar-refractivity contribution in [3.8, 4) is 0 Å². The molecule has 0 unspecified atom stereocenters. The summed E-state index contributed by atoms with van der Waals surface area (Å²) in [5, 5.41) is 1.32. The Bertz CT molecular complexity index is 436. The summed E-state index contributed by atoms with van der Waals surface area (Å²) in [4.78, 5) is 2.33. The average Bonchev–Trinajstić information content (AvgIpc) is 2.41. The molecule has 106 valence electrons. The predicted molar refractivity (Wildman–Crippen MR) is 84.4 cm³/mol. The van der Waals surface area contributed by atoms with Gasteiger partial charge in [-0.2, -0.15) is 0 Å². The number of halogens is 2. The molecule has 1 aromatic carbocycles. The predicted octanol–water partition coefficient (Wildman–Crippen LogP) is 5.15. The van der Waals surface area contributed by atoms with Gasteiger partial charge < -0.3 is 4.90 Å². The van der Waals surface area contributed by atoms with Gasteiger partial charge in [0.1, 0.15) is 0 Å². The highest BCUT2D eigenvalue weighted by molar-refractivity contribution is 6.42. The Morgan fingerprint density at radius 1 is 1.05 bits per heavy atom. The zero-order valence-electron chi connectivity index (χ0n) is 12.0. The van der Waals surface area contributed by atoms with Crippen molar-refractivity contribution < 1.29 is 0 Å². The second-order valence-corrected chi connectivity index (χ2v) is 6.80. The van der Waals surface area contributed by atoms with Gasteiger partial charge in [0.15, 0.2) is 0 Å². The van der Waals surface area contributed by atoms with E-state index in [1.54, 1.807) is 0 Å². The molecule has 1 aliphatic carbocycles. The van der Waals surface area contributed by atoms with Crippen molar-refractivity contribution in [2.24, 2.45) is 0 Å². The second-order valence-electron chi connectivity index (χ2n) is 5.99. The van der Waals surface area contributed by atoms with Crippen molar-refractivity contribution in [3.63, 3.8) is 0 Å². The molecular formula is C16H23Cl2N. The third-order valence-electron chi connectivity index (χ3n) is 4.81. The zero-order valence-corrected chi connectivity index (χ0v) is 13.6. The van der Waals surface area contributed by atoms with Gasteiger partial charge in [-0.1, -0.05) is 48.5 Å². The first-order chi connectivity index (χ1) is 8.97. The maximum atomic E-state index is 6.23. The molecule has 0 aromatic heterocycles. The molecule has 0 radical (unpaired) electrons. The molecule has 0 amide bonds. The third-order valence-corrected chi connectivity index (χ3v) is 5.55. The quantitative estimate of drug-likeness (QED) is 0.746. The molecule has 3 heteroatoms. The van der Waals surface area contributed by atoms with Gasteiger partial charge in [0, 0.05) is 11.5 Å². The smallest absolute Gasteiger partial charge is 0.0595 e. The molecule has 0 heterocycles. The van der Waals surface area contributed by atoms with Gasteiger partial charge in [0.05, 0.1) is 10.0 Å². The lowest BCUT2D eigenvalue weighted by molar-refractivity contribution is 0.143. The minimum atomic E-state index is 0.218. The summed E-state index contributed by atoms with van der Waals surface area (Å²) in [6.07, 6.45) is 6.44. The van der Waals surface area contributed by atoms with E-state index in [-0.39, 0.29) is 5.41 Å². The standard InChI is InChI=1S/C16H23Cl2N/c1-12(19(2)3)16(9-5-4-6-10-16)13-7-8-14(17)15(18)11-13/h7-8,11-12H,4-6,9-10H2,1-3H3/t12-/m0/s1. The Balaban J connectivity index is 2.44. The van der Waals surface area contributed by atoms with E-state index in [1.807, 2.05) is 6.07 Å². The van der Waals surface area contributed by atoms with Crippen LogP contribution < -0.4 is 0 Å². The molecule has 19 heavy (non-hydrogen) atoms. The highest BCUT2D eigenvalue weighted by Gasteiger charge is 2.40. The van der Waals surface area contributed by atoms with Crippen molar-refractivity contribution in [2.45, 2.75) is 50.5 Å². The van der Waals surface area contributed by atoms with Gasteiger partial charge in [0.2, 0.25) is 0 Å². The monoisotopic (exact) mass is 299 g/mol. The van der Waals surface area contributed by atoms with Crippen LogP contribution in [0.4, 0.5) is 0 Å². The fraction of sp³-hybridized carbons (Fsp3) is 0.625. The van der Waals surface area contributed by atoms with Gasteiger partial charge in [-0.3, -0.25) is 0 Å². The molecule has 0 saturated heterocycles. The summed E-state index contributed by atoms with van der Waals surface area (Å²) >= 11 is 12.3. The number of likely N-dealkylation sites (N-methyl/N-ethyl adjacent to an activating group) is 1. The van der Waals surface area contributed by atoms with Crippen LogP contribution in [0.1, 0.15) is 44.6 Å². The second kappa shape index (κ2) is 6.03. The largest absolute Gasteiger partial charge is 0.306 e. The van der Waals surface area contributed by atoms with E-state index in [9.17, 15) is 0 Å². The van der Waals surface area contributed by atoms with E-state index in [0.717, 1.165) is 0 Å². The first-order valence-corrected chi connectivity index (χ1v) is 7.85. The molecule has 1 atom stereocenters. The summed E-state index contributed by atoms with van der Waals surface area (Å²) in [6, 6.07) is 6.69. The van der Waals surface area contributed by atoms with Crippen LogP contribution in [-0.2, 0) is 5.41 Å². The Labute approximate surface area is 126 Å². The lowest BCUT2D eigenvalue weighted by Crippen LogP contribution is -2.47. The fourth-order valence-corrected chi connectivity index (χ4v) is 3.73. The number of rotatable bonds is 3. The molecule has 1 nitrogen and oxygen atoms in total. The minimum Gasteiger partial charge on any atom is -0.306 e. The highest BCUT2D eigenvalue weighted by atomic mass is 35.5. The lowest BCUT2D eigenvalue weighted by atomic mass is 9.65. The van der Waals surface area contributed by atoms with E-state index in [2.05, 4.69) is 38.1 Å². The van der Waals surface area contributed by atoms with E-state index in [0.29, 0.717) is 16.1 Å². The van der Waals surface area contributed by atoms with Crippen LogP contribution >= 0.6 is 23.2 Å². The van der Waals surface area contributed by atoms with Gasteiger partial charge >= 0.3 is 0 Å². The Hall–Kier alpha value is -0.240. The molecular weight excluding hydrogens is 277 g/mol. The third kappa shape index (κ3) is 2.94. The Morgan fingerprint density at radius 2 is 1.68 bits per heavy atom. The average molecular weight is 300 g/mol. The maximum absolute atomic E-state index is 6.23. The molecule has 1 fully saturated rings. The van der Waals surface area contributed by atoms with E-state index < -0.39 is 0 Å². The van der Waals surface area contributed by atoms with Gasteiger partial charge in [-0.25, -0.2) is 0 Å². The van der Waals surface area contributed by atoms with Crippen LogP contribution in [-0.4, -0.2) is 25.0 Å². The molecule has 0 aliphatic heterocycles. The van der Waals surface area contributed by atoms with Crippen LogP contribution in [0, 0.1) is 0 Å². The number of benzene rings is 1. The van der Waals surface area contributed by atoms with Crippen molar-refractivity contribution >= 4 is 23.2 Å². The summed E-state index contributed by atoms with van der Waals surface area (Å²) < 4.78 is 0. The topological polar surface area (TPSA) is 3.24 Å². The van der Waals surface area contributed by atoms with Crippen molar-refractivity contribution in [1.82, 2.24) is 4.90 Å². The van der Waals surface area contributed by atoms with Crippen molar-refractivity contribution in [1.29, 1.82) is 0 Å². The zero-order chi connectivity index (χ0) is 14.0. The number of hydrogen-bond donors (Lipinski definition) is 0. The van der Waals surface area contributed by atoms with Crippen molar-refractivity contribution in [3.05, 3.63) is 33.8 Å². The van der Waals surface area contributed by atoms with E-state index >= 15 is 0 Å². The van der Waals surface area contributed by atoms with Crippen molar-refractivity contribution in [2.75, 3.05) is 14.1 Å². The molecule has 0 N–H and O–H groups in total. The first kappa shape index (κ1) is 15.2. The number of nitrogens with zero attached hydrogens (tertiary/aromatic N) is 1. The molecule has 0 bridgehead atoms. The molecule has 0 spiro atoms. The highest BCUT2D eigenvalue weighted by Crippen LogP contribution is 2.44. The summed E-state index contributed by atoms with van der Waals surface area (Å²) in [6.45, 7) is 2.33. The van der Waals surface area contributed by atoms with Crippen LogP contribution in [0.25, 0.3) is 0 Å². The van der Waals surface area contributed by atoms with Crippen LogP contribution in [0.3, 0.4) is 0 Å². The summed E-state index contributed by atoms with van der Waals surface area (Å²) in [7, 11) is 4.33. The lowest BCUT2D eigenvalue weighted by Gasteiger charge is -2.45. The fourth-order valence-electron chi connectivity index (χ4n) is 3.43. The molecule has 1 aliphatic rings. The first-order valence-electron chi connectivity index (χ1n) is 7.09. The van der Waals surface area contributed by atoms with Crippen LogP contribution in [0.15, 0.2) is 18.2 Å². The summed E-state index contributed by atoms with van der Waals surface area (Å²) in [5.41, 5.74) is 1.57. The molecule has 1 aromatic rings. The van der Waals surface area contributed by atoms with Gasteiger partial charge in [-0.15, -0.1) is 0 Å². The van der Waals surface area contributed by atoms with Gasteiger partial charge in [0.25, 0.3) is 0 Å². The SMILES string of the molecule is C[C@H](N(C)C)C1(c2ccc(Cl)c(Cl)c2)CCCCC1. The van der Waals surface area contributed by atoms with E-state index in [1.165, 1.54) is 37.7 Å². The van der Waals surface area contributed by atoms with Crippen LogP contribution in [0.2, 0.25) is 10.0 Å². The minimum absolute atomic E-state index is 0.218. The normalized spacial score (nSPS) is 20.5. The Kier molecular flexibility index (Phi) is 4.81.